The Kier molecular flexibility index (Phi) is 3.56. The Labute approximate surface area is 110 Å². The summed E-state index contributed by atoms with van der Waals surface area (Å²) in [4.78, 5) is 12.0. The molecule has 5 nitrogen and oxygen atoms in total. The SMILES string of the molecule is COc1cccc(C(=O)Nc2ccc(N)cc2)c1O. The standard InChI is InChI=1S/C14H14N2O3/c1-19-12-4-2-3-11(13(12)17)14(18)16-10-7-5-9(15)6-8-10/h2-8,17H,15H2,1H3,(H,16,18). The van der Waals surface area contributed by atoms with Crippen molar-refractivity contribution < 1.29 is 14.6 Å². The molecule has 0 aliphatic carbocycles. The minimum Gasteiger partial charge on any atom is -0.504 e. The van der Waals surface area contributed by atoms with Gasteiger partial charge in [-0.3, -0.25) is 4.79 Å². The van der Waals surface area contributed by atoms with E-state index in [9.17, 15) is 9.90 Å². The number of carbonyl (C=O) groups is 1. The average Bonchev–Trinajstić information content (AvgIpc) is 2.41. The molecule has 0 bridgehead atoms. The topological polar surface area (TPSA) is 84.6 Å². The number of phenolic OH excluding ortho intramolecular Hbond substituents is 1. The minimum absolute atomic E-state index is 0.149. The molecular formula is C14H14N2O3. The van der Waals surface area contributed by atoms with Crippen molar-refractivity contribution in [2.24, 2.45) is 0 Å². The van der Waals surface area contributed by atoms with Crippen molar-refractivity contribution in [3.8, 4) is 11.5 Å². The van der Waals surface area contributed by atoms with Crippen LogP contribution in [-0.2, 0) is 0 Å². The second-order valence-electron chi connectivity index (χ2n) is 3.93. The number of carbonyl (C=O) groups excluding carboxylic acids is 1. The first kappa shape index (κ1) is 12.8. The number of nitrogens with one attached hydrogen (secondary N) is 1. The molecule has 98 valence electrons. The normalized spacial score (nSPS) is 9.95. The molecule has 4 N–H and O–H groups in total. The van der Waals surface area contributed by atoms with Crippen LogP contribution < -0.4 is 15.8 Å². The predicted molar refractivity (Wildman–Crippen MR) is 73.5 cm³/mol. The van der Waals surface area contributed by atoms with E-state index in [1.165, 1.54) is 13.2 Å². The summed E-state index contributed by atoms with van der Waals surface area (Å²) >= 11 is 0. The highest BCUT2D eigenvalue weighted by Gasteiger charge is 2.14. The van der Waals surface area contributed by atoms with Crippen molar-refractivity contribution in [1.29, 1.82) is 0 Å². The van der Waals surface area contributed by atoms with Crippen LogP contribution in [0.15, 0.2) is 42.5 Å². The highest BCUT2D eigenvalue weighted by molar-refractivity contribution is 6.06. The summed E-state index contributed by atoms with van der Waals surface area (Å²) in [7, 11) is 1.43. The van der Waals surface area contributed by atoms with Crippen LogP contribution in [0.1, 0.15) is 10.4 Å². The van der Waals surface area contributed by atoms with Crippen molar-refractivity contribution in [3.63, 3.8) is 0 Å². The van der Waals surface area contributed by atoms with Gasteiger partial charge in [0.05, 0.1) is 12.7 Å². The maximum Gasteiger partial charge on any atom is 0.259 e. The highest BCUT2D eigenvalue weighted by Crippen LogP contribution is 2.29. The van der Waals surface area contributed by atoms with Gasteiger partial charge in [-0.2, -0.15) is 0 Å². The van der Waals surface area contributed by atoms with Crippen LogP contribution in [0.5, 0.6) is 11.5 Å². The first-order valence-electron chi connectivity index (χ1n) is 5.64. The van der Waals surface area contributed by atoms with Gasteiger partial charge in [0.1, 0.15) is 0 Å². The monoisotopic (exact) mass is 258 g/mol. The zero-order valence-electron chi connectivity index (χ0n) is 10.4. The third kappa shape index (κ3) is 2.77. The highest BCUT2D eigenvalue weighted by atomic mass is 16.5. The summed E-state index contributed by atoms with van der Waals surface area (Å²) in [5, 5.41) is 12.5. The van der Waals surface area contributed by atoms with Gasteiger partial charge in [-0.1, -0.05) is 6.07 Å². The van der Waals surface area contributed by atoms with Crippen molar-refractivity contribution >= 4 is 17.3 Å². The van der Waals surface area contributed by atoms with Crippen molar-refractivity contribution in [3.05, 3.63) is 48.0 Å². The lowest BCUT2D eigenvalue weighted by Gasteiger charge is -2.09. The van der Waals surface area contributed by atoms with E-state index in [0.717, 1.165) is 0 Å². The zero-order valence-corrected chi connectivity index (χ0v) is 10.4. The van der Waals surface area contributed by atoms with Gasteiger partial charge in [0.2, 0.25) is 0 Å². The van der Waals surface area contributed by atoms with Crippen LogP contribution in [0.3, 0.4) is 0 Å². The van der Waals surface area contributed by atoms with Crippen LogP contribution in [-0.4, -0.2) is 18.1 Å². The first-order chi connectivity index (χ1) is 9.11. The number of benzene rings is 2. The Bertz CT molecular complexity index is 594. The average molecular weight is 258 g/mol. The fourth-order valence-electron chi connectivity index (χ4n) is 1.64. The van der Waals surface area contributed by atoms with Gasteiger partial charge in [-0.25, -0.2) is 0 Å². The van der Waals surface area contributed by atoms with Gasteiger partial charge < -0.3 is 20.9 Å². The summed E-state index contributed by atoms with van der Waals surface area (Å²) in [6.45, 7) is 0. The summed E-state index contributed by atoms with van der Waals surface area (Å²) in [5.41, 5.74) is 6.92. The van der Waals surface area contributed by atoms with Gasteiger partial charge >= 0.3 is 0 Å². The third-order valence-electron chi connectivity index (χ3n) is 2.63. The van der Waals surface area contributed by atoms with E-state index < -0.39 is 5.91 Å². The van der Waals surface area contributed by atoms with Gasteiger partial charge in [0.15, 0.2) is 11.5 Å². The van der Waals surface area contributed by atoms with E-state index in [-0.39, 0.29) is 17.1 Å². The molecule has 0 aromatic heterocycles. The van der Waals surface area contributed by atoms with Crippen LogP contribution in [0.25, 0.3) is 0 Å². The van der Waals surface area contributed by atoms with E-state index in [0.29, 0.717) is 11.4 Å². The van der Waals surface area contributed by atoms with Crippen LogP contribution >= 0.6 is 0 Å². The quantitative estimate of drug-likeness (QED) is 0.737. The van der Waals surface area contributed by atoms with Gasteiger partial charge in [0.25, 0.3) is 5.91 Å². The molecule has 0 aliphatic rings. The second kappa shape index (κ2) is 5.30. The van der Waals surface area contributed by atoms with Gasteiger partial charge in [0, 0.05) is 11.4 Å². The molecule has 0 saturated carbocycles. The number of methoxy groups -OCH3 is 1. The Hall–Kier alpha value is -2.69. The van der Waals surface area contributed by atoms with E-state index >= 15 is 0 Å². The van der Waals surface area contributed by atoms with E-state index in [1.807, 2.05) is 0 Å². The number of amides is 1. The minimum atomic E-state index is -0.416. The van der Waals surface area contributed by atoms with Gasteiger partial charge in [-0.15, -0.1) is 0 Å². The summed E-state index contributed by atoms with van der Waals surface area (Å²) in [6, 6.07) is 11.5. The molecule has 0 spiro atoms. The lowest BCUT2D eigenvalue weighted by molar-refractivity contribution is 0.102. The number of para-hydroxylation sites is 1. The first-order valence-corrected chi connectivity index (χ1v) is 5.64. The molecule has 0 heterocycles. The Balaban J connectivity index is 2.23. The molecule has 5 heteroatoms. The molecule has 0 atom stereocenters. The number of hydrogen-bond acceptors (Lipinski definition) is 4. The number of phenols is 1. The van der Waals surface area contributed by atoms with Crippen molar-refractivity contribution in [1.82, 2.24) is 0 Å². The Morgan fingerprint density at radius 1 is 1.21 bits per heavy atom. The van der Waals surface area contributed by atoms with E-state index in [4.69, 9.17) is 10.5 Å². The van der Waals surface area contributed by atoms with E-state index in [2.05, 4.69) is 5.32 Å². The molecule has 2 aromatic rings. The van der Waals surface area contributed by atoms with Crippen LogP contribution in [0, 0.1) is 0 Å². The molecule has 0 aliphatic heterocycles. The molecule has 1 amide bonds. The fraction of sp³-hybridized carbons (Fsp3) is 0.0714. The number of nitrogen functional groups attached to an aromatic ring is 1. The summed E-state index contributed by atoms with van der Waals surface area (Å²) < 4.78 is 4.96. The summed E-state index contributed by atoms with van der Waals surface area (Å²) in [6.07, 6.45) is 0. The second-order valence-corrected chi connectivity index (χ2v) is 3.93. The molecular weight excluding hydrogens is 244 g/mol. The third-order valence-corrected chi connectivity index (χ3v) is 2.63. The largest absolute Gasteiger partial charge is 0.504 e. The van der Waals surface area contributed by atoms with Crippen LogP contribution in [0.2, 0.25) is 0 Å². The molecule has 2 aromatic carbocycles. The van der Waals surface area contributed by atoms with E-state index in [1.54, 1.807) is 36.4 Å². The maximum absolute atomic E-state index is 12.0. The zero-order chi connectivity index (χ0) is 13.8. The molecule has 19 heavy (non-hydrogen) atoms. The van der Waals surface area contributed by atoms with Crippen molar-refractivity contribution in [2.75, 3.05) is 18.2 Å². The number of anilines is 2. The summed E-state index contributed by atoms with van der Waals surface area (Å²) in [5.74, 6) is -0.343. The number of ether oxygens (including phenoxy) is 1. The molecule has 0 fully saturated rings. The smallest absolute Gasteiger partial charge is 0.259 e. The lowest BCUT2D eigenvalue weighted by Crippen LogP contribution is -2.12. The van der Waals surface area contributed by atoms with Gasteiger partial charge in [-0.05, 0) is 36.4 Å². The number of nitrogens with two attached hydrogens (primary N) is 1. The number of hydrogen-bond donors (Lipinski definition) is 3. The Morgan fingerprint density at radius 3 is 2.53 bits per heavy atom. The molecule has 0 unspecified atom stereocenters. The van der Waals surface area contributed by atoms with Crippen molar-refractivity contribution in [2.45, 2.75) is 0 Å². The lowest BCUT2D eigenvalue weighted by atomic mass is 10.1. The predicted octanol–water partition coefficient (Wildman–Crippen LogP) is 2.24. The Morgan fingerprint density at radius 2 is 1.89 bits per heavy atom. The molecule has 2 rings (SSSR count). The molecule has 0 radical (unpaired) electrons. The number of rotatable bonds is 3. The number of aromatic hydroxyl groups is 1. The molecule has 0 saturated heterocycles. The van der Waals surface area contributed by atoms with Crippen LogP contribution in [0.4, 0.5) is 11.4 Å². The maximum atomic E-state index is 12.0. The fourth-order valence-corrected chi connectivity index (χ4v) is 1.64.